The largest absolute Gasteiger partial charge is 0.395 e. The van der Waals surface area contributed by atoms with Crippen LogP contribution in [-0.2, 0) is 9.59 Å². The molecule has 0 radical (unpaired) electrons. The molecule has 0 bridgehead atoms. The number of halogens is 1. The lowest BCUT2D eigenvalue weighted by molar-refractivity contribution is -0.137. The fourth-order valence-electron chi connectivity index (χ4n) is 2.01. The molecule has 7 heteroatoms. The van der Waals surface area contributed by atoms with Crippen molar-refractivity contribution < 1.29 is 14.7 Å². The number of anilines is 2. The van der Waals surface area contributed by atoms with E-state index in [2.05, 4.69) is 5.32 Å². The van der Waals surface area contributed by atoms with Gasteiger partial charge >= 0.3 is 0 Å². The van der Waals surface area contributed by atoms with Crippen LogP contribution in [0.5, 0.6) is 0 Å². The molecule has 0 spiro atoms. The average Bonchev–Trinajstić information content (AvgIpc) is 2.66. The van der Waals surface area contributed by atoms with Gasteiger partial charge in [0.25, 0.3) is 11.8 Å². The number of nitrogens with one attached hydrogen (secondary N) is 1. The molecular weight excluding hydrogens is 294 g/mol. The second kappa shape index (κ2) is 6.15. The third-order valence-corrected chi connectivity index (χ3v) is 3.34. The summed E-state index contributed by atoms with van der Waals surface area (Å²) in [7, 11) is 3.76. The van der Waals surface area contributed by atoms with E-state index in [0.717, 1.165) is 10.6 Å². The monoisotopic (exact) mass is 309 g/mol. The van der Waals surface area contributed by atoms with Crippen LogP contribution in [-0.4, -0.2) is 49.1 Å². The Kier molecular flexibility index (Phi) is 4.50. The Morgan fingerprint density at radius 1 is 1.33 bits per heavy atom. The molecule has 1 aliphatic rings. The first-order chi connectivity index (χ1) is 9.93. The maximum atomic E-state index is 12.0. The van der Waals surface area contributed by atoms with Gasteiger partial charge in [0.2, 0.25) is 0 Å². The Labute approximate surface area is 127 Å². The zero-order chi connectivity index (χ0) is 15.6. The minimum Gasteiger partial charge on any atom is -0.395 e. The maximum absolute atomic E-state index is 12.0. The van der Waals surface area contributed by atoms with Gasteiger partial charge in [-0.05, 0) is 18.2 Å². The maximum Gasteiger partial charge on any atom is 0.277 e. The van der Waals surface area contributed by atoms with Crippen molar-refractivity contribution in [3.05, 3.63) is 35.0 Å². The van der Waals surface area contributed by atoms with Gasteiger partial charge in [-0.2, -0.15) is 0 Å². The van der Waals surface area contributed by atoms with Crippen LogP contribution in [0.3, 0.4) is 0 Å². The first-order valence-corrected chi connectivity index (χ1v) is 6.74. The van der Waals surface area contributed by atoms with E-state index < -0.39 is 11.8 Å². The second-order valence-corrected chi connectivity index (χ2v) is 5.17. The number of β-amino-alcohol motifs (C(OH)–C–C–N with tert-alkyl or cyclic N) is 1. The van der Waals surface area contributed by atoms with Gasteiger partial charge in [-0.1, -0.05) is 11.6 Å². The third-order valence-electron chi connectivity index (χ3n) is 3.04. The van der Waals surface area contributed by atoms with Gasteiger partial charge < -0.3 is 15.3 Å². The highest BCUT2D eigenvalue weighted by atomic mass is 35.5. The van der Waals surface area contributed by atoms with Gasteiger partial charge in [0, 0.05) is 25.9 Å². The first-order valence-electron chi connectivity index (χ1n) is 6.36. The van der Waals surface area contributed by atoms with Crippen molar-refractivity contribution in [2.24, 2.45) is 0 Å². The highest BCUT2D eigenvalue weighted by Gasteiger charge is 2.30. The molecule has 1 aliphatic heterocycles. The van der Waals surface area contributed by atoms with E-state index in [4.69, 9.17) is 16.7 Å². The lowest BCUT2D eigenvalue weighted by atomic mass is 10.2. The lowest BCUT2D eigenvalue weighted by Crippen LogP contribution is -2.34. The van der Waals surface area contributed by atoms with E-state index in [1.807, 2.05) is 25.1 Å². The van der Waals surface area contributed by atoms with Crippen LogP contribution in [0.4, 0.5) is 11.4 Å². The van der Waals surface area contributed by atoms with Crippen molar-refractivity contribution in [2.45, 2.75) is 0 Å². The number of amides is 2. The number of hydrogen-bond acceptors (Lipinski definition) is 5. The van der Waals surface area contributed by atoms with Gasteiger partial charge in [-0.25, -0.2) is 0 Å². The van der Waals surface area contributed by atoms with Crippen molar-refractivity contribution in [3.63, 3.8) is 0 Å². The van der Waals surface area contributed by atoms with Crippen LogP contribution in [0.25, 0.3) is 0 Å². The van der Waals surface area contributed by atoms with E-state index in [9.17, 15) is 9.59 Å². The normalized spacial score (nSPS) is 14.5. The van der Waals surface area contributed by atoms with Gasteiger partial charge in [-0.3, -0.25) is 14.5 Å². The number of benzene rings is 1. The van der Waals surface area contributed by atoms with Crippen LogP contribution in [0.2, 0.25) is 5.02 Å². The molecule has 0 aromatic heterocycles. The smallest absolute Gasteiger partial charge is 0.277 e. The molecule has 112 valence electrons. The molecule has 2 rings (SSSR count). The number of aliphatic hydroxyl groups excluding tert-OH is 1. The molecule has 0 atom stereocenters. The van der Waals surface area contributed by atoms with E-state index in [-0.39, 0.29) is 18.8 Å². The van der Waals surface area contributed by atoms with E-state index >= 15 is 0 Å². The van der Waals surface area contributed by atoms with E-state index in [0.29, 0.717) is 10.7 Å². The standard InChI is InChI=1S/C14H16ClN3O3/c1-17(2)12-4-3-9(7-10(12)15)16-11-8-13(20)18(5-6-19)14(11)21/h3-4,7-8,16,19H,5-6H2,1-2H3. The fraction of sp³-hybridized carbons (Fsp3) is 0.286. The van der Waals surface area contributed by atoms with Crippen LogP contribution in [0.15, 0.2) is 30.0 Å². The molecule has 0 unspecified atom stereocenters. The number of nitrogens with zero attached hydrogens (tertiary/aromatic N) is 2. The first kappa shape index (κ1) is 15.3. The van der Waals surface area contributed by atoms with Crippen molar-refractivity contribution in [2.75, 3.05) is 37.5 Å². The molecule has 1 heterocycles. The molecule has 1 aromatic rings. The zero-order valence-electron chi connectivity index (χ0n) is 11.8. The van der Waals surface area contributed by atoms with Crippen molar-refractivity contribution in [1.29, 1.82) is 0 Å². The average molecular weight is 310 g/mol. The lowest BCUT2D eigenvalue weighted by Gasteiger charge is -2.16. The SMILES string of the molecule is CN(C)c1ccc(NC2=CC(=O)N(CCO)C2=O)cc1Cl. The Morgan fingerprint density at radius 3 is 2.62 bits per heavy atom. The predicted octanol–water partition coefficient (Wildman–Crippen LogP) is 1.06. The number of carbonyl (C=O) groups excluding carboxylic acids is 2. The van der Waals surface area contributed by atoms with Crippen LogP contribution >= 0.6 is 11.6 Å². The van der Waals surface area contributed by atoms with Crippen molar-refractivity contribution in [1.82, 2.24) is 4.90 Å². The number of imide groups is 1. The van der Waals surface area contributed by atoms with E-state index in [1.54, 1.807) is 12.1 Å². The topological polar surface area (TPSA) is 72.9 Å². The summed E-state index contributed by atoms with van der Waals surface area (Å²) in [5.74, 6) is -0.894. The van der Waals surface area contributed by atoms with Gasteiger partial charge in [0.05, 0.1) is 23.9 Å². The number of aliphatic hydroxyl groups is 1. The summed E-state index contributed by atoms with van der Waals surface area (Å²) >= 11 is 6.16. The Morgan fingerprint density at radius 2 is 2.05 bits per heavy atom. The molecule has 0 saturated carbocycles. The molecule has 1 aromatic carbocycles. The summed E-state index contributed by atoms with van der Waals surface area (Å²) in [6.45, 7) is -0.276. The second-order valence-electron chi connectivity index (χ2n) is 4.76. The van der Waals surface area contributed by atoms with E-state index in [1.165, 1.54) is 6.08 Å². The highest BCUT2D eigenvalue weighted by Crippen LogP contribution is 2.28. The van der Waals surface area contributed by atoms with Gasteiger partial charge in [-0.15, -0.1) is 0 Å². The fourth-order valence-corrected chi connectivity index (χ4v) is 2.36. The minimum absolute atomic E-state index is 0.0142. The Hall–Kier alpha value is -2.05. The quantitative estimate of drug-likeness (QED) is 0.796. The summed E-state index contributed by atoms with van der Waals surface area (Å²) in [4.78, 5) is 26.5. The minimum atomic E-state index is -0.457. The Balaban J connectivity index is 2.16. The highest BCUT2D eigenvalue weighted by molar-refractivity contribution is 6.33. The van der Waals surface area contributed by atoms with Gasteiger partial charge in [0.15, 0.2) is 0 Å². The Bertz CT molecular complexity index is 613. The van der Waals surface area contributed by atoms with Crippen LogP contribution in [0.1, 0.15) is 0 Å². The summed E-state index contributed by atoms with van der Waals surface area (Å²) < 4.78 is 0. The zero-order valence-corrected chi connectivity index (χ0v) is 12.5. The summed E-state index contributed by atoms with van der Waals surface area (Å²) in [6, 6.07) is 5.27. The molecular formula is C14H16ClN3O3. The molecule has 21 heavy (non-hydrogen) atoms. The van der Waals surface area contributed by atoms with Gasteiger partial charge in [0.1, 0.15) is 5.70 Å². The molecule has 2 amide bonds. The summed E-state index contributed by atoms with van der Waals surface area (Å²) in [5.41, 5.74) is 1.64. The molecule has 0 aliphatic carbocycles. The van der Waals surface area contributed by atoms with Crippen molar-refractivity contribution >= 4 is 34.8 Å². The van der Waals surface area contributed by atoms with Crippen molar-refractivity contribution in [3.8, 4) is 0 Å². The number of rotatable bonds is 5. The molecule has 0 fully saturated rings. The molecule has 0 saturated heterocycles. The van der Waals surface area contributed by atoms with Crippen LogP contribution < -0.4 is 10.2 Å². The molecule has 2 N–H and O–H groups in total. The van der Waals surface area contributed by atoms with Crippen LogP contribution in [0, 0.1) is 0 Å². The summed E-state index contributed by atoms with van der Waals surface area (Å²) in [6.07, 6.45) is 1.21. The third kappa shape index (κ3) is 3.17. The number of hydrogen-bond donors (Lipinski definition) is 2. The molecule has 6 nitrogen and oxygen atoms in total. The summed E-state index contributed by atoms with van der Waals surface area (Å²) in [5, 5.41) is 12.3. The predicted molar refractivity (Wildman–Crippen MR) is 81.3 cm³/mol. The number of carbonyl (C=O) groups is 2.